The Kier molecular flexibility index (Phi) is 10.1. The van der Waals surface area contributed by atoms with E-state index < -0.39 is 34.9 Å². The molecule has 4 rings (SSSR count). The maximum absolute atomic E-state index is 13.4. The summed E-state index contributed by atoms with van der Waals surface area (Å²) in [6.07, 6.45) is 0.928. The molecule has 2 aromatic carbocycles. The lowest BCUT2D eigenvalue weighted by atomic mass is 10.0. The lowest BCUT2D eigenvalue weighted by molar-refractivity contribution is -0.142. The summed E-state index contributed by atoms with van der Waals surface area (Å²) < 4.78 is 11.1. The second-order valence-electron chi connectivity index (χ2n) is 9.88. The van der Waals surface area contributed by atoms with Crippen LogP contribution >= 0.6 is 35.0 Å². The van der Waals surface area contributed by atoms with Crippen molar-refractivity contribution in [3.63, 3.8) is 0 Å². The smallest absolute Gasteiger partial charge is 0.411 e. The lowest BCUT2D eigenvalue weighted by Gasteiger charge is -2.43. The number of halogens is 2. The number of rotatable bonds is 9. The van der Waals surface area contributed by atoms with Gasteiger partial charge in [0.2, 0.25) is 5.91 Å². The Bertz CT molecular complexity index is 1200. The number of amides is 2. The standard InChI is InChI=1S/C28H33Cl2N3O6S/c1-3-38-27(37)33-24(17-40-28(33)11-13-32(2)14-12-28)25(34)31-23(26(35)36)15-18-7-9-19(10-8-18)39-16-20-21(29)5-4-6-22(20)30/h4-10,23-24H,3,11-17H2,1-2H3,(H,31,34)(H,35,36)/t23-,24?/m0/s1. The fourth-order valence-electron chi connectivity index (χ4n) is 4.95. The van der Waals surface area contributed by atoms with E-state index in [1.165, 1.54) is 0 Å². The zero-order valence-electron chi connectivity index (χ0n) is 22.4. The third kappa shape index (κ3) is 6.97. The van der Waals surface area contributed by atoms with Gasteiger partial charge in [-0.2, -0.15) is 0 Å². The Morgan fingerprint density at radius 3 is 2.38 bits per heavy atom. The van der Waals surface area contributed by atoms with Crippen molar-refractivity contribution in [2.75, 3.05) is 32.5 Å². The molecule has 40 heavy (non-hydrogen) atoms. The van der Waals surface area contributed by atoms with Crippen LogP contribution in [-0.2, 0) is 27.4 Å². The summed E-state index contributed by atoms with van der Waals surface area (Å²) in [6.45, 7) is 3.67. The number of nitrogens with zero attached hydrogens (tertiary/aromatic N) is 2. The highest BCUT2D eigenvalue weighted by Crippen LogP contribution is 2.47. The summed E-state index contributed by atoms with van der Waals surface area (Å²) in [6, 6.07) is 10.2. The van der Waals surface area contributed by atoms with Gasteiger partial charge in [-0.1, -0.05) is 41.4 Å². The molecular formula is C28H33Cl2N3O6S. The minimum Gasteiger partial charge on any atom is -0.489 e. The summed E-state index contributed by atoms with van der Waals surface area (Å²) in [5.74, 6) is -0.723. The van der Waals surface area contributed by atoms with Crippen molar-refractivity contribution in [3.8, 4) is 5.75 Å². The molecule has 2 fully saturated rings. The second kappa shape index (κ2) is 13.3. The molecule has 0 aliphatic carbocycles. The number of ether oxygens (including phenoxy) is 2. The molecule has 0 aromatic heterocycles. The fraction of sp³-hybridized carbons (Fsp3) is 0.464. The minimum atomic E-state index is -1.18. The number of likely N-dealkylation sites (tertiary alicyclic amines) is 1. The Labute approximate surface area is 248 Å². The number of hydrogen-bond donors (Lipinski definition) is 2. The van der Waals surface area contributed by atoms with Crippen molar-refractivity contribution in [1.82, 2.24) is 15.1 Å². The van der Waals surface area contributed by atoms with Crippen molar-refractivity contribution in [3.05, 3.63) is 63.6 Å². The summed E-state index contributed by atoms with van der Waals surface area (Å²) >= 11 is 14.0. The third-order valence-corrected chi connectivity index (χ3v) is 9.55. The van der Waals surface area contributed by atoms with Crippen molar-refractivity contribution < 1.29 is 29.0 Å². The summed E-state index contributed by atoms with van der Waals surface area (Å²) in [4.78, 5) is 41.7. The van der Waals surface area contributed by atoms with Gasteiger partial charge in [-0.25, -0.2) is 9.59 Å². The Balaban J connectivity index is 1.41. The van der Waals surface area contributed by atoms with Crippen LogP contribution in [0.5, 0.6) is 5.75 Å². The molecule has 2 aliphatic rings. The SMILES string of the molecule is CCOC(=O)N1C(C(=O)N[C@@H](Cc2ccc(OCc3c(Cl)cccc3Cl)cc2)C(=O)O)CSC12CCN(C)CC2. The minimum absolute atomic E-state index is 0.0624. The van der Waals surface area contributed by atoms with Gasteiger partial charge in [-0.3, -0.25) is 9.69 Å². The maximum atomic E-state index is 13.4. The van der Waals surface area contributed by atoms with Gasteiger partial charge in [0.1, 0.15) is 24.4 Å². The van der Waals surface area contributed by atoms with Crippen LogP contribution in [0.4, 0.5) is 4.79 Å². The molecule has 0 saturated carbocycles. The van der Waals surface area contributed by atoms with E-state index in [1.807, 2.05) is 7.05 Å². The Morgan fingerprint density at radius 2 is 1.77 bits per heavy atom. The average molecular weight is 611 g/mol. The Hall–Kier alpha value is -2.66. The van der Waals surface area contributed by atoms with Gasteiger partial charge < -0.3 is 24.8 Å². The molecule has 2 amide bonds. The van der Waals surface area contributed by atoms with E-state index in [-0.39, 0.29) is 19.6 Å². The normalized spacial score (nSPS) is 19.3. The molecule has 216 valence electrons. The van der Waals surface area contributed by atoms with E-state index >= 15 is 0 Å². The predicted octanol–water partition coefficient (Wildman–Crippen LogP) is 4.68. The fourth-order valence-corrected chi connectivity index (χ4v) is 7.03. The van der Waals surface area contributed by atoms with Gasteiger partial charge in [0, 0.05) is 40.9 Å². The molecule has 2 aliphatic heterocycles. The van der Waals surface area contributed by atoms with Gasteiger partial charge in [-0.05, 0) is 56.6 Å². The maximum Gasteiger partial charge on any atom is 0.411 e. The largest absolute Gasteiger partial charge is 0.489 e. The highest BCUT2D eigenvalue weighted by molar-refractivity contribution is 8.01. The van der Waals surface area contributed by atoms with Gasteiger partial charge in [0.25, 0.3) is 0 Å². The van der Waals surface area contributed by atoms with Crippen LogP contribution in [-0.4, -0.2) is 82.3 Å². The van der Waals surface area contributed by atoms with E-state index in [4.69, 9.17) is 32.7 Å². The average Bonchev–Trinajstić information content (AvgIpc) is 3.29. The van der Waals surface area contributed by atoms with Crippen LogP contribution in [0.2, 0.25) is 10.0 Å². The number of thioether (sulfide) groups is 1. The monoisotopic (exact) mass is 609 g/mol. The van der Waals surface area contributed by atoms with Crippen molar-refractivity contribution >= 4 is 52.9 Å². The van der Waals surface area contributed by atoms with Crippen LogP contribution < -0.4 is 10.1 Å². The third-order valence-electron chi connectivity index (χ3n) is 7.22. The number of benzene rings is 2. The van der Waals surface area contributed by atoms with E-state index in [2.05, 4.69) is 10.2 Å². The van der Waals surface area contributed by atoms with Gasteiger partial charge in [0.05, 0.1) is 11.5 Å². The molecule has 9 nitrogen and oxygen atoms in total. The first-order chi connectivity index (χ1) is 19.1. The van der Waals surface area contributed by atoms with E-state index in [1.54, 1.807) is 66.1 Å². The number of piperidine rings is 1. The molecule has 2 heterocycles. The Morgan fingerprint density at radius 1 is 1.12 bits per heavy atom. The number of hydrogen-bond acceptors (Lipinski definition) is 7. The van der Waals surface area contributed by atoms with Crippen LogP contribution in [0.25, 0.3) is 0 Å². The molecule has 2 N–H and O–H groups in total. The quantitative estimate of drug-likeness (QED) is 0.422. The van der Waals surface area contributed by atoms with E-state index in [0.29, 0.717) is 45.5 Å². The van der Waals surface area contributed by atoms with Gasteiger partial charge >= 0.3 is 12.1 Å². The lowest BCUT2D eigenvalue weighted by Crippen LogP contribution is -2.59. The highest BCUT2D eigenvalue weighted by Gasteiger charge is 2.54. The molecule has 12 heteroatoms. The first-order valence-electron chi connectivity index (χ1n) is 13.1. The molecular weight excluding hydrogens is 577 g/mol. The molecule has 0 bridgehead atoms. The van der Waals surface area contributed by atoms with E-state index in [0.717, 1.165) is 13.1 Å². The van der Waals surface area contributed by atoms with Crippen molar-refractivity contribution in [2.24, 2.45) is 0 Å². The molecule has 0 radical (unpaired) electrons. The zero-order chi connectivity index (χ0) is 28.9. The molecule has 1 unspecified atom stereocenters. The first kappa shape index (κ1) is 30.3. The topological polar surface area (TPSA) is 108 Å². The summed E-state index contributed by atoms with van der Waals surface area (Å²) in [5.41, 5.74) is 1.37. The van der Waals surface area contributed by atoms with Gasteiger partial charge in [0.15, 0.2) is 0 Å². The van der Waals surface area contributed by atoms with Gasteiger partial charge in [-0.15, -0.1) is 11.8 Å². The highest BCUT2D eigenvalue weighted by atomic mass is 35.5. The van der Waals surface area contributed by atoms with Crippen LogP contribution in [0.3, 0.4) is 0 Å². The summed E-state index contributed by atoms with van der Waals surface area (Å²) in [5, 5.41) is 13.6. The number of carboxylic acids is 1. The molecule has 2 atom stereocenters. The van der Waals surface area contributed by atoms with Crippen LogP contribution in [0, 0.1) is 0 Å². The number of aliphatic carboxylic acids is 1. The number of nitrogens with one attached hydrogen (secondary N) is 1. The predicted molar refractivity (Wildman–Crippen MR) is 155 cm³/mol. The number of carbonyl (C=O) groups excluding carboxylic acids is 2. The van der Waals surface area contributed by atoms with Crippen molar-refractivity contribution in [1.29, 1.82) is 0 Å². The second-order valence-corrected chi connectivity index (χ2v) is 12.1. The van der Waals surface area contributed by atoms with E-state index in [9.17, 15) is 19.5 Å². The molecule has 1 spiro atoms. The number of carboxylic acid groups (broad SMARTS) is 1. The zero-order valence-corrected chi connectivity index (χ0v) is 24.7. The molecule has 2 aromatic rings. The van der Waals surface area contributed by atoms with Crippen LogP contribution in [0.1, 0.15) is 30.9 Å². The van der Waals surface area contributed by atoms with Crippen LogP contribution in [0.15, 0.2) is 42.5 Å². The molecule has 2 saturated heterocycles. The summed E-state index contributed by atoms with van der Waals surface area (Å²) in [7, 11) is 2.02. The number of carbonyl (C=O) groups is 3. The first-order valence-corrected chi connectivity index (χ1v) is 14.8. The van der Waals surface area contributed by atoms with Crippen molar-refractivity contribution in [2.45, 2.75) is 49.7 Å².